The Hall–Kier alpha value is -1.03. The smallest absolute Gasteiger partial charge is 0.204 e. The fourth-order valence-corrected chi connectivity index (χ4v) is 2.45. The number of hydrogen-bond donors (Lipinski definition) is 0. The molecule has 0 aliphatic carbocycles. The third-order valence-corrected chi connectivity index (χ3v) is 3.77. The molecule has 1 atom stereocenters. The van der Waals surface area contributed by atoms with Crippen molar-refractivity contribution in [2.24, 2.45) is 0 Å². The van der Waals surface area contributed by atoms with E-state index in [-0.39, 0.29) is 5.78 Å². The molecule has 0 N–H and O–H groups in total. The lowest BCUT2D eigenvalue weighted by molar-refractivity contribution is 0.0818. The monoisotopic (exact) mass is 372 g/mol. The fraction of sp³-hybridized carbons (Fsp3) is 0.133. The second-order valence-corrected chi connectivity index (χ2v) is 5.96. The van der Waals surface area contributed by atoms with Crippen LogP contribution >= 0.6 is 39.1 Å². The summed E-state index contributed by atoms with van der Waals surface area (Å²) in [5.41, 5.74) is 0.403. The quantitative estimate of drug-likeness (QED) is 0.670. The molecule has 104 valence electrons. The van der Waals surface area contributed by atoms with Crippen LogP contribution < -0.4 is 4.74 Å². The normalized spacial score (nSPS) is 12.0. The van der Waals surface area contributed by atoms with Gasteiger partial charge in [0.05, 0.1) is 5.02 Å². The summed E-state index contributed by atoms with van der Waals surface area (Å²) >= 11 is 15.2. The van der Waals surface area contributed by atoms with Crippen molar-refractivity contribution in [2.75, 3.05) is 0 Å². The van der Waals surface area contributed by atoms with Crippen molar-refractivity contribution in [3.05, 3.63) is 62.5 Å². The molecule has 0 saturated heterocycles. The minimum atomic E-state index is -0.630. The van der Waals surface area contributed by atoms with Gasteiger partial charge in [-0.25, -0.2) is 0 Å². The molecule has 0 heterocycles. The number of ether oxygens (including phenoxy) is 1. The summed E-state index contributed by atoms with van der Waals surface area (Å²) in [5.74, 6) is 0.439. The van der Waals surface area contributed by atoms with Crippen LogP contribution in [0.1, 0.15) is 17.3 Å². The van der Waals surface area contributed by atoms with Crippen LogP contribution in [0.25, 0.3) is 0 Å². The standard InChI is InChI=1S/C15H11BrCl2O2/c1-9(20-12-5-2-10(16)3-6-12)15(19)13-7-4-11(17)8-14(13)18/h2-9H,1H3. The molecule has 20 heavy (non-hydrogen) atoms. The second kappa shape index (κ2) is 6.61. The molecule has 0 radical (unpaired) electrons. The van der Waals surface area contributed by atoms with Gasteiger partial charge in [-0.3, -0.25) is 4.79 Å². The van der Waals surface area contributed by atoms with Crippen molar-refractivity contribution in [1.29, 1.82) is 0 Å². The van der Waals surface area contributed by atoms with E-state index in [9.17, 15) is 4.79 Å². The molecular weight excluding hydrogens is 363 g/mol. The first-order chi connectivity index (χ1) is 9.47. The molecule has 0 saturated carbocycles. The fourth-order valence-electron chi connectivity index (χ4n) is 1.68. The third-order valence-electron chi connectivity index (χ3n) is 2.69. The average Bonchev–Trinajstić information content (AvgIpc) is 2.40. The summed E-state index contributed by atoms with van der Waals surface area (Å²) in [6, 6.07) is 12.1. The molecule has 2 aromatic rings. The van der Waals surface area contributed by atoms with E-state index in [4.69, 9.17) is 27.9 Å². The van der Waals surface area contributed by atoms with Gasteiger partial charge in [0.15, 0.2) is 6.10 Å². The minimum Gasteiger partial charge on any atom is -0.483 e. The number of halogens is 3. The van der Waals surface area contributed by atoms with E-state index >= 15 is 0 Å². The predicted octanol–water partition coefficient (Wildman–Crippen LogP) is 5.41. The molecule has 0 aliphatic rings. The van der Waals surface area contributed by atoms with Crippen LogP contribution in [0.5, 0.6) is 5.75 Å². The molecule has 0 fully saturated rings. The summed E-state index contributed by atoms with van der Waals surface area (Å²) < 4.78 is 6.56. The van der Waals surface area contributed by atoms with Crippen LogP contribution in [0.15, 0.2) is 46.9 Å². The minimum absolute atomic E-state index is 0.186. The van der Waals surface area contributed by atoms with Crippen LogP contribution in [0.4, 0.5) is 0 Å². The van der Waals surface area contributed by atoms with E-state index in [0.29, 0.717) is 21.4 Å². The lowest BCUT2D eigenvalue weighted by Crippen LogP contribution is -2.24. The molecule has 0 aromatic heterocycles. The van der Waals surface area contributed by atoms with Crippen LogP contribution in [-0.2, 0) is 0 Å². The molecule has 2 aromatic carbocycles. The number of benzene rings is 2. The summed E-state index contributed by atoms with van der Waals surface area (Å²) in [6.45, 7) is 1.69. The number of hydrogen-bond acceptors (Lipinski definition) is 2. The highest BCUT2D eigenvalue weighted by Gasteiger charge is 2.19. The molecular formula is C15H11BrCl2O2. The number of Topliss-reactive ketones (excluding diaryl/α,β-unsaturated/α-hetero) is 1. The first kappa shape index (κ1) is 15.4. The Morgan fingerprint density at radius 2 is 1.80 bits per heavy atom. The van der Waals surface area contributed by atoms with Crippen molar-refractivity contribution in [2.45, 2.75) is 13.0 Å². The Bertz CT molecular complexity index is 626. The van der Waals surface area contributed by atoms with Gasteiger partial charge in [0.25, 0.3) is 0 Å². The van der Waals surface area contributed by atoms with E-state index in [2.05, 4.69) is 15.9 Å². The maximum Gasteiger partial charge on any atom is 0.204 e. The highest BCUT2D eigenvalue weighted by atomic mass is 79.9. The maximum atomic E-state index is 12.3. The predicted molar refractivity (Wildman–Crippen MR) is 85.0 cm³/mol. The van der Waals surface area contributed by atoms with Gasteiger partial charge in [-0.2, -0.15) is 0 Å². The Morgan fingerprint density at radius 3 is 2.40 bits per heavy atom. The first-order valence-corrected chi connectivity index (χ1v) is 7.44. The zero-order valence-corrected chi connectivity index (χ0v) is 13.7. The van der Waals surface area contributed by atoms with Crippen molar-refractivity contribution < 1.29 is 9.53 Å². The number of carbonyl (C=O) groups excluding carboxylic acids is 1. The van der Waals surface area contributed by atoms with Crippen LogP contribution in [0.3, 0.4) is 0 Å². The van der Waals surface area contributed by atoms with E-state index in [1.54, 1.807) is 37.3 Å². The summed E-state index contributed by atoms with van der Waals surface area (Å²) in [4.78, 5) is 12.3. The Labute approximate surface area is 135 Å². The van der Waals surface area contributed by atoms with Gasteiger partial charge in [-0.1, -0.05) is 39.1 Å². The highest BCUT2D eigenvalue weighted by molar-refractivity contribution is 9.10. The van der Waals surface area contributed by atoms with E-state index < -0.39 is 6.10 Å². The summed E-state index contributed by atoms with van der Waals surface area (Å²) in [7, 11) is 0. The Morgan fingerprint density at radius 1 is 1.15 bits per heavy atom. The van der Waals surface area contributed by atoms with Crippen molar-refractivity contribution >= 4 is 44.9 Å². The largest absolute Gasteiger partial charge is 0.483 e. The lowest BCUT2D eigenvalue weighted by Gasteiger charge is -2.14. The summed E-state index contributed by atoms with van der Waals surface area (Å²) in [6.07, 6.45) is -0.630. The third kappa shape index (κ3) is 3.75. The van der Waals surface area contributed by atoms with Crippen molar-refractivity contribution in [1.82, 2.24) is 0 Å². The van der Waals surface area contributed by atoms with Gasteiger partial charge in [-0.05, 0) is 49.4 Å². The van der Waals surface area contributed by atoms with Crippen LogP contribution in [0.2, 0.25) is 10.0 Å². The van der Waals surface area contributed by atoms with Gasteiger partial charge >= 0.3 is 0 Å². The lowest BCUT2D eigenvalue weighted by atomic mass is 10.1. The first-order valence-electron chi connectivity index (χ1n) is 5.89. The van der Waals surface area contributed by atoms with E-state index in [1.165, 1.54) is 0 Å². The van der Waals surface area contributed by atoms with Gasteiger partial charge in [0.2, 0.25) is 5.78 Å². The molecule has 2 nitrogen and oxygen atoms in total. The number of rotatable bonds is 4. The molecule has 0 aliphatic heterocycles. The molecule has 1 unspecified atom stereocenters. The van der Waals surface area contributed by atoms with Gasteiger partial charge < -0.3 is 4.74 Å². The summed E-state index contributed by atoms with van der Waals surface area (Å²) in [5, 5.41) is 0.821. The molecule has 5 heteroatoms. The molecule has 0 amide bonds. The van der Waals surface area contributed by atoms with E-state index in [0.717, 1.165) is 4.47 Å². The van der Waals surface area contributed by atoms with Crippen LogP contribution in [-0.4, -0.2) is 11.9 Å². The molecule has 0 bridgehead atoms. The highest BCUT2D eigenvalue weighted by Crippen LogP contribution is 2.24. The maximum absolute atomic E-state index is 12.3. The zero-order chi connectivity index (χ0) is 14.7. The van der Waals surface area contributed by atoms with Gasteiger partial charge in [0.1, 0.15) is 5.75 Å². The SMILES string of the molecule is CC(Oc1ccc(Br)cc1)C(=O)c1ccc(Cl)cc1Cl. The zero-order valence-electron chi connectivity index (χ0n) is 10.6. The topological polar surface area (TPSA) is 26.3 Å². The number of ketones is 1. The second-order valence-electron chi connectivity index (χ2n) is 4.20. The van der Waals surface area contributed by atoms with Gasteiger partial charge in [-0.15, -0.1) is 0 Å². The Kier molecular flexibility index (Phi) is 5.08. The molecule has 0 spiro atoms. The average molecular weight is 374 g/mol. The van der Waals surface area contributed by atoms with Crippen molar-refractivity contribution in [3.8, 4) is 5.75 Å². The van der Waals surface area contributed by atoms with Crippen molar-refractivity contribution in [3.63, 3.8) is 0 Å². The number of carbonyl (C=O) groups is 1. The Balaban J connectivity index is 2.14. The molecule has 2 rings (SSSR count). The van der Waals surface area contributed by atoms with E-state index in [1.807, 2.05) is 12.1 Å². The van der Waals surface area contributed by atoms with Gasteiger partial charge in [0, 0.05) is 15.1 Å². The van der Waals surface area contributed by atoms with Crippen LogP contribution in [0, 0.1) is 0 Å².